The van der Waals surface area contributed by atoms with Crippen LogP contribution < -0.4 is 10.2 Å². The number of anilines is 1. The fourth-order valence-corrected chi connectivity index (χ4v) is 3.99. The minimum atomic E-state index is 0.577. The molecule has 2 saturated carbocycles. The summed E-state index contributed by atoms with van der Waals surface area (Å²) >= 11 is 1.94. The molecule has 4 heteroatoms. The summed E-state index contributed by atoms with van der Waals surface area (Å²) in [6.45, 7) is 9.04. The number of rotatable bonds is 9. The van der Waals surface area contributed by atoms with Gasteiger partial charge in [0, 0.05) is 30.1 Å². The van der Waals surface area contributed by atoms with E-state index in [-0.39, 0.29) is 0 Å². The first-order valence-corrected chi connectivity index (χ1v) is 9.54. The van der Waals surface area contributed by atoms with Crippen molar-refractivity contribution in [2.45, 2.75) is 83.8 Å². The second-order valence-corrected chi connectivity index (χ2v) is 7.76. The molecule has 0 aliphatic heterocycles. The Morgan fingerprint density at radius 1 is 1.29 bits per heavy atom. The number of aromatic nitrogens is 1. The summed E-state index contributed by atoms with van der Waals surface area (Å²) in [6, 6.07) is 1.54. The summed E-state index contributed by atoms with van der Waals surface area (Å²) in [5.74, 6) is 0.577. The van der Waals surface area contributed by atoms with Gasteiger partial charge in [0.1, 0.15) is 0 Å². The third-order valence-electron chi connectivity index (χ3n) is 4.62. The van der Waals surface area contributed by atoms with Gasteiger partial charge in [0.15, 0.2) is 5.13 Å². The van der Waals surface area contributed by atoms with Gasteiger partial charge >= 0.3 is 0 Å². The van der Waals surface area contributed by atoms with Crippen molar-refractivity contribution in [1.29, 1.82) is 0 Å². The second-order valence-electron chi connectivity index (χ2n) is 6.69. The van der Waals surface area contributed by atoms with Crippen LogP contribution in [0, 0.1) is 0 Å². The molecule has 0 radical (unpaired) electrons. The zero-order valence-electron chi connectivity index (χ0n) is 13.7. The highest BCUT2D eigenvalue weighted by atomic mass is 32.1. The van der Waals surface area contributed by atoms with Gasteiger partial charge in [-0.05, 0) is 44.4 Å². The van der Waals surface area contributed by atoms with E-state index in [2.05, 4.69) is 31.0 Å². The lowest BCUT2D eigenvalue weighted by molar-refractivity contribution is 0.659. The van der Waals surface area contributed by atoms with Crippen LogP contribution >= 0.6 is 11.3 Å². The van der Waals surface area contributed by atoms with Crippen LogP contribution in [0.4, 0.5) is 5.13 Å². The SMILES string of the molecule is CCCN(c1nc(C(C)CC)c(CNC2CC2)s1)C1CC1. The van der Waals surface area contributed by atoms with Crippen LogP contribution in [-0.4, -0.2) is 23.6 Å². The molecule has 0 saturated heterocycles. The summed E-state index contributed by atoms with van der Waals surface area (Å²) in [6.07, 6.45) is 7.81. The number of nitrogens with one attached hydrogen (secondary N) is 1. The maximum atomic E-state index is 5.06. The molecule has 1 aromatic heterocycles. The van der Waals surface area contributed by atoms with Crippen molar-refractivity contribution in [3.63, 3.8) is 0 Å². The Kier molecular flexibility index (Phi) is 4.85. The number of nitrogens with zero attached hydrogens (tertiary/aromatic N) is 2. The van der Waals surface area contributed by atoms with Gasteiger partial charge in [-0.15, -0.1) is 11.3 Å². The van der Waals surface area contributed by atoms with Crippen LogP contribution in [0.15, 0.2) is 0 Å². The molecule has 1 aromatic rings. The normalized spacial score (nSPS) is 19.8. The van der Waals surface area contributed by atoms with Crippen molar-refractivity contribution in [2.75, 3.05) is 11.4 Å². The van der Waals surface area contributed by atoms with Crippen molar-refractivity contribution in [1.82, 2.24) is 10.3 Å². The number of thiazole rings is 1. The van der Waals surface area contributed by atoms with Crippen molar-refractivity contribution in [3.05, 3.63) is 10.6 Å². The highest BCUT2D eigenvalue weighted by Gasteiger charge is 2.31. The maximum Gasteiger partial charge on any atom is 0.186 e. The van der Waals surface area contributed by atoms with Crippen LogP contribution in [0.3, 0.4) is 0 Å². The first kappa shape index (κ1) is 15.3. The Balaban J connectivity index is 1.78. The molecule has 0 amide bonds. The summed E-state index contributed by atoms with van der Waals surface area (Å²) in [5.41, 5.74) is 1.35. The van der Waals surface area contributed by atoms with Crippen LogP contribution in [0.1, 0.15) is 75.8 Å². The summed E-state index contributed by atoms with van der Waals surface area (Å²) in [7, 11) is 0. The number of hydrogen-bond acceptors (Lipinski definition) is 4. The van der Waals surface area contributed by atoms with E-state index in [1.54, 1.807) is 0 Å². The zero-order valence-corrected chi connectivity index (χ0v) is 14.5. The molecule has 0 bridgehead atoms. The maximum absolute atomic E-state index is 5.06. The molecule has 2 aliphatic rings. The first-order chi connectivity index (χ1) is 10.2. The Morgan fingerprint density at radius 3 is 2.62 bits per heavy atom. The van der Waals surface area contributed by atoms with Crippen molar-refractivity contribution >= 4 is 16.5 Å². The fourth-order valence-electron chi connectivity index (χ4n) is 2.76. The highest BCUT2D eigenvalue weighted by Crippen LogP contribution is 2.38. The van der Waals surface area contributed by atoms with E-state index in [9.17, 15) is 0 Å². The van der Waals surface area contributed by atoms with E-state index >= 15 is 0 Å². The molecule has 1 heterocycles. The van der Waals surface area contributed by atoms with Crippen molar-refractivity contribution < 1.29 is 0 Å². The van der Waals surface area contributed by atoms with Gasteiger partial charge in [-0.3, -0.25) is 0 Å². The lowest BCUT2D eigenvalue weighted by atomic mass is 10.0. The molecule has 3 rings (SSSR count). The average Bonchev–Trinajstić information content (AvgIpc) is 3.40. The van der Waals surface area contributed by atoms with Crippen molar-refractivity contribution in [3.8, 4) is 0 Å². The predicted octanol–water partition coefficient (Wildman–Crippen LogP) is 4.29. The Hall–Kier alpha value is -0.610. The highest BCUT2D eigenvalue weighted by molar-refractivity contribution is 7.15. The Bertz CT molecular complexity index is 463. The van der Waals surface area contributed by atoms with E-state index in [4.69, 9.17) is 4.98 Å². The van der Waals surface area contributed by atoms with Crippen LogP contribution in [0.25, 0.3) is 0 Å². The molecular weight excluding hydrogens is 278 g/mol. The molecule has 118 valence electrons. The van der Waals surface area contributed by atoms with Crippen LogP contribution in [0.5, 0.6) is 0 Å². The molecule has 1 atom stereocenters. The monoisotopic (exact) mass is 307 g/mol. The minimum Gasteiger partial charge on any atom is -0.345 e. The number of hydrogen-bond donors (Lipinski definition) is 1. The first-order valence-electron chi connectivity index (χ1n) is 8.72. The van der Waals surface area contributed by atoms with Crippen LogP contribution in [-0.2, 0) is 6.54 Å². The summed E-state index contributed by atoms with van der Waals surface area (Å²) < 4.78 is 0. The lowest BCUT2D eigenvalue weighted by Gasteiger charge is -2.20. The second kappa shape index (κ2) is 6.66. The van der Waals surface area contributed by atoms with Crippen LogP contribution in [0.2, 0.25) is 0 Å². The molecule has 0 aromatic carbocycles. The standard InChI is InChI=1S/C17H29N3S/c1-4-10-20(14-8-9-14)17-19-16(12(3)5-2)15(21-17)11-18-13-6-7-13/h12-14,18H,4-11H2,1-3H3. The summed E-state index contributed by atoms with van der Waals surface area (Å²) in [4.78, 5) is 9.11. The van der Waals surface area contributed by atoms with E-state index in [0.717, 1.165) is 25.2 Å². The molecule has 0 spiro atoms. The Morgan fingerprint density at radius 2 is 2.05 bits per heavy atom. The van der Waals surface area contributed by atoms with E-state index in [0.29, 0.717) is 5.92 Å². The topological polar surface area (TPSA) is 28.2 Å². The van der Waals surface area contributed by atoms with Gasteiger partial charge < -0.3 is 10.2 Å². The smallest absolute Gasteiger partial charge is 0.186 e. The van der Waals surface area contributed by atoms with Crippen molar-refractivity contribution in [2.24, 2.45) is 0 Å². The Labute approximate surface area is 133 Å². The minimum absolute atomic E-state index is 0.577. The van der Waals surface area contributed by atoms with E-state index in [1.807, 2.05) is 11.3 Å². The third kappa shape index (κ3) is 3.78. The van der Waals surface area contributed by atoms with Gasteiger partial charge in [-0.2, -0.15) is 0 Å². The molecule has 1 N–H and O–H groups in total. The van der Waals surface area contributed by atoms with E-state index in [1.165, 1.54) is 54.2 Å². The van der Waals surface area contributed by atoms with Gasteiger partial charge in [0.2, 0.25) is 0 Å². The lowest BCUT2D eigenvalue weighted by Crippen LogP contribution is -2.26. The van der Waals surface area contributed by atoms with Gasteiger partial charge in [0.25, 0.3) is 0 Å². The molecule has 3 nitrogen and oxygen atoms in total. The third-order valence-corrected chi connectivity index (χ3v) is 5.73. The molecule has 21 heavy (non-hydrogen) atoms. The largest absolute Gasteiger partial charge is 0.345 e. The quantitative estimate of drug-likeness (QED) is 0.738. The van der Waals surface area contributed by atoms with Gasteiger partial charge in [-0.25, -0.2) is 4.98 Å². The fraction of sp³-hybridized carbons (Fsp3) is 0.824. The van der Waals surface area contributed by atoms with E-state index < -0.39 is 0 Å². The predicted molar refractivity (Wildman–Crippen MR) is 91.3 cm³/mol. The molecule has 1 unspecified atom stereocenters. The molecule has 2 aliphatic carbocycles. The molecule has 2 fully saturated rings. The van der Waals surface area contributed by atoms with Gasteiger partial charge in [0.05, 0.1) is 5.69 Å². The zero-order chi connectivity index (χ0) is 14.8. The average molecular weight is 308 g/mol. The summed E-state index contributed by atoms with van der Waals surface area (Å²) in [5, 5.41) is 4.95. The molecular formula is C17H29N3S. The van der Waals surface area contributed by atoms with Gasteiger partial charge in [-0.1, -0.05) is 20.8 Å².